The Morgan fingerprint density at radius 2 is 2.16 bits per heavy atom. The lowest BCUT2D eigenvalue weighted by atomic mass is 9.78. The Morgan fingerprint density at radius 3 is 2.89 bits per heavy atom. The van der Waals surface area contributed by atoms with Crippen LogP contribution in [0.25, 0.3) is 0 Å². The standard InChI is InChI=1S/C16H23NO2/c18-12-16(17-11-15-6-3-9-19-15)8-7-13-4-1-2-5-14(13)10-16/h1-2,4-5,15,17-18H,3,6-12H2. The Kier molecular flexibility index (Phi) is 3.87. The Labute approximate surface area is 115 Å². The number of aliphatic hydroxyl groups excluding tert-OH is 1. The monoisotopic (exact) mass is 261 g/mol. The molecule has 3 nitrogen and oxygen atoms in total. The predicted octanol–water partition coefficient (Wildman–Crippen LogP) is 1.67. The zero-order chi connectivity index (χ0) is 13.1. The van der Waals surface area contributed by atoms with Gasteiger partial charge < -0.3 is 15.2 Å². The van der Waals surface area contributed by atoms with E-state index in [9.17, 15) is 5.11 Å². The van der Waals surface area contributed by atoms with Crippen molar-refractivity contribution in [3.05, 3.63) is 35.4 Å². The molecule has 1 heterocycles. The third kappa shape index (κ3) is 2.83. The van der Waals surface area contributed by atoms with E-state index in [4.69, 9.17) is 4.74 Å². The highest BCUT2D eigenvalue weighted by Gasteiger charge is 2.34. The van der Waals surface area contributed by atoms with E-state index in [1.807, 2.05) is 0 Å². The predicted molar refractivity (Wildman–Crippen MR) is 75.3 cm³/mol. The maximum absolute atomic E-state index is 9.84. The SMILES string of the molecule is OCC1(NCC2CCCO2)CCc2ccccc2C1. The number of ether oxygens (including phenoxy) is 1. The van der Waals surface area contributed by atoms with E-state index in [1.165, 1.54) is 17.5 Å². The molecule has 3 heteroatoms. The minimum absolute atomic E-state index is 0.152. The first-order chi connectivity index (χ1) is 9.31. The minimum atomic E-state index is -0.152. The highest BCUT2D eigenvalue weighted by Crippen LogP contribution is 2.28. The Bertz CT molecular complexity index is 429. The lowest BCUT2D eigenvalue weighted by molar-refractivity contribution is 0.0831. The number of hydrogen-bond donors (Lipinski definition) is 2. The van der Waals surface area contributed by atoms with E-state index < -0.39 is 0 Å². The van der Waals surface area contributed by atoms with E-state index in [2.05, 4.69) is 29.6 Å². The van der Waals surface area contributed by atoms with Gasteiger partial charge >= 0.3 is 0 Å². The lowest BCUT2D eigenvalue weighted by Crippen LogP contribution is -2.54. The summed E-state index contributed by atoms with van der Waals surface area (Å²) in [5, 5.41) is 13.4. The van der Waals surface area contributed by atoms with Crippen LogP contribution in [0.5, 0.6) is 0 Å². The van der Waals surface area contributed by atoms with Crippen molar-refractivity contribution in [1.82, 2.24) is 5.32 Å². The molecule has 2 aliphatic rings. The maximum Gasteiger partial charge on any atom is 0.0700 e. The maximum atomic E-state index is 9.84. The summed E-state index contributed by atoms with van der Waals surface area (Å²) in [5.74, 6) is 0. The first kappa shape index (κ1) is 13.1. The van der Waals surface area contributed by atoms with Crippen LogP contribution in [0, 0.1) is 0 Å². The van der Waals surface area contributed by atoms with Crippen LogP contribution in [-0.2, 0) is 17.6 Å². The van der Waals surface area contributed by atoms with Crippen LogP contribution in [0.15, 0.2) is 24.3 Å². The summed E-state index contributed by atoms with van der Waals surface area (Å²) in [6, 6.07) is 8.58. The first-order valence-electron chi connectivity index (χ1n) is 7.36. The van der Waals surface area contributed by atoms with Crippen LogP contribution in [0.1, 0.15) is 30.4 Å². The van der Waals surface area contributed by atoms with Crippen molar-refractivity contribution in [2.45, 2.75) is 43.7 Å². The summed E-state index contributed by atoms with van der Waals surface area (Å²) < 4.78 is 5.66. The summed E-state index contributed by atoms with van der Waals surface area (Å²) in [6.07, 6.45) is 5.63. The fourth-order valence-electron chi connectivity index (χ4n) is 3.28. The smallest absolute Gasteiger partial charge is 0.0700 e. The van der Waals surface area contributed by atoms with Crippen LogP contribution in [0.4, 0.5) is 0 Å². The fraction of sp³-hybridized carbons (Fsp3) is 0.625. The van der Waals surface area contributed by atoms with Crippen molar-refractivity contribution in [3.8, 4) is 0 Å². The number of nitrogens with one attached hydrogen (secondary N) is 1. The molecule has 2 unspecified atom stereocenters. The van der Waals surface area contributed by atoms with E-state index in [0.717, 1.165) is 38.8 Å². The van der Waals surface area contributed by atoms with Gasteiger partial charge in [-0.2, -0.15) is 0 Å². The van der Waals surface area contributed by atoms with Crippen molar-refractivity contribution in [2.24, 2.45) is 0 Å². The van der Waals surface area contributed by atoms with Gasteiger partial charge in [-0.1, -0.05) is 24.3 Å². The van der Waals surface area contributed by atoms with Gasteiger partial charge in [0.05, 0.1) is 12.7 Å². The molecule has 19 heavy (non-hydrogen) atoms. The third-order valence-corrected chi connectivity index (χ3v) is 4.55. The number of rotatable bonds is 4. The molecule has 1 saturated heterocycles. The van der Waals surface area contributed by atoms with Gasteiger partial charge in [0.25, 0.3) is 0 Å². The molecular formula is C16H23NO2. The topological polar surface area (TPSA) is 41.5 Å². The van der Waals surface area contributed by atoms with E-state index in [1.54, 1.807) is 0 Å². The number of aryl methyl sites for hydroxylation is 1. The van der Waals surface area contributed by atoms with Gasteiger partial charge in [0.1, 0.15) is 0 Å². The second-order valence-electron chi connectivity index (χ2n) is 5.90. The van der Waals surface area contributed by atoms with Gasteiger partial charge in [0.15, 0.2) is 0 Å². The summed E-state index contributed by atoms with van der Waals surface area (Å²) in [5.41, 5.74) is 2.66. The summed E-state index contributed by atoms with van der Waals surface area (Å²) in [4.78, 5) is 0. The third-order valence-electron chi connectivity index (χ3n) is 4.55. The average Bonchev–Trinajstić information content (AvgIpc) is 2.98. The van der Waals surface area contributed by atoms with Crippen molar-refractivity contribution < 1.29 is 9.84 Å². The number of benzene rings is 1. The average molecular weight is 261 g/mol. The van der Waals surface area contributed by atoms with Crippen molar-refractivity contribution >= 4 is 0 Å². The molecule has 1 aromatic carbocycles. The largest absolute Gasteiger partial charge is 0.394 e. The molecule has 0 spiro atoms. The Hall–Kier alpha value is -0.900. The Balaban J connectivity index is 1.67. The van der Waals surface area contributed by atoms with Gasteiger partial charge in [-0.15, -0.1) is 0 Å². The minimum Gasteiger partial charge on any atom is -0.394 e. The van der Waals surface area contributed by atoms with Gasteiger partial charge in [-0.25, -0.2) is 0 Å². The quantitative estimate of drug-likeness (QED) is 0.866. The van der Waals surface area contributed by atoms with E-state index in [0.29, 0.717) is 6.10 Å². The summed E-state index contributed by atoms with van der Waals surface area (Å²) >= 11 is 0. The zero-order valence-corrected chi connectivity index (χ0v) is 11.4. The fourth-order valence-corrected chi connectivity index (χ4v) is 3.28. The molecule has 2 N–H and O–H groups in total. The van der Waals surface area contributed by atoms with Crippen molar-refractivity contribution in [1.29, 1.82) is 0 Å². The molecule has 1 aliphatic carbocycles. The van der Waals surface area contributed by atoms with Crippen LogP contribution in [-0.4, -0.2) is 36.5 Å². The molecule has 3 rings (SSSR count). The molecule has 104 valence electrons. The van der Waals surface area contributed by atoms with Crippen LogP contribution >= 0.6 is 0 Å². The van der Waals surface area contributed by atoms with Crippen molar-refractivity contribution in [3.63, 3.8) is 0 Å². The second-order valence-corrected chi connectivity index (χ2v) is 5.90. The van der Waals surface area contributed by atoms with E-state index in [-0.39, 0.29) is 12.1 Å². The summed E-state index contributed by atoms with van der Waals surface area (Å²) in [6.45, 7) is 1.96. The molecule has 0 aromatic heterocycles. The highest BCUT2D eigenvalue weighted by atomic mass is 16.5. The molecule has 0 radical (unpaired) electrons. The number of hydrogen-bond acceptors (Lipinski definition) is 3. The van der Waals surface area contributed by atoms with Crippen LogP contribution in [0.2, 0.25) is 0 Å². The number of aliphatic hydroxyl groups is 1. The molecule has 0 bridgehead atoms. The summed E-state index contributed by atoms with van der Waals surface area (Å²) in [7, 11) is 0. The molecule has 0 amide bonds. The highest BCUT2D eigenvalue weighted by molar-refractivity contribution is 5.32. The molecule has 1 aliphatic heterocycles. The van der Waals surface area contributed by atoms with Gasteiger partial charge in [-0.3, -0.25) is 0 Å². The molecule has 1 fully saturated rings. The van der Waals surface area contributed by atoms with E-state index >= 15 is 0 Å². The first-order valence-corrected chi connectivity index (χ1v) is 7.36. The lowest BCUT2D eigenvalue weighted by Gasteiger charge is -2.38. The number of fused-ring (bicyclic) bond motifs is 1. The molecule has 1 aromatic rings. The van der Waals surface area contributed by atoms with Gasteiger partial charge in [0, 0.05) is 18.7 Å². The van der Waals surface area contributed by atoms with Crippen LogP contribution < -0.4 is 5.32 Å². The van der Waals surface area contributed by atoms with Crippen LogP contribution in [0.3, 0.4) is 0 Å². The van der Waals surface area contributed by atoms with Gasteiger partial charge in [-0.05, 0) is 43.2 Å². The zero-order valence-electron chi connectivity index (χ0n) is 11.4. The second kappa shape index (κ2) is 5.61. The Morgan fingerprint density at radius 1 is 1.32 bits per heavy atom. The van der Waals surface area contributed by atoms with Gasteiger partial charge in [0.2, 0.25) is 0 Å². The van der Waals surface area contributed by atoms with Crippen molar-refractivity contribution in [2.75, 3.05) is 19.8 Å². The normalized spacial score (nSPS) is 30.3. The molecular weight excluding hydrogens is 238 g/mol. The molecule has 0 saturated carbocycles. The molecule has 2 atom stereocenters.